The topological polar surface area (TPSA) is 0 Å². The molecular weight excluding hydrogens is 144 g/mol. The predicted molar refractivity (Wildman–Crippen MR) is 52.7 cm³/mol. The van der Waals surface area contributed by atoms with Crippen molar-refractivity contribution < 1.29 is 0 Å². The Hall–Kier alpha value is -0.780. The van der Waals surface area contributed by atoms with Crippen molar-refractivity contribution in [2.24, 2.45) is 0 Å². The Kier molecular flexibility index (Phi) is 3.86. The van der Waals surface area contributed by atoms with E-state index in [1.165, 1.54) is 11.5 Å². The van der Waals surface area contributed by atoms with Gasteiger partial charge in [-0.05, 0) is 37.7 Å². The van der Waals surface area contributed by atoms with Crippen molar-refractivity contribution in [3.05, 3.63) is 68.0 Å². The summed E-state index contributed by atoms with van der Waals surface area (Å²) < 4.78 is 0. The van der Waals surface area contributed by atoms with E-state index in [1.54, 1.807) is 6.42 Å². The molecule has 0 aliphatic carbocycles. The van der Waals surface area contributed by atoms with Gasteiger partial charge in [0, 0.05) is 0 Å². The zero-order valence-electron chi connectivity index (χ0n) is 7.33. The minimum Gasteiger partial charge on any atom is -0.0622 e. The maximum absolute atomic E-state index is 3.65. The van der Waals surface area contributed by atoms with Gasteiger partial charge < -0.3 is 0 Å². The van der Waals surface area contributed by atoms with Crippen LogP contribution in [0, 0.1) is 32.1 Å². The van der Waals surface area contributed by atoms with Gasteiger partial charge in [-0.1, -0.05) is 37.3 Å². The molecule has 0 N–H and O–H groups in total. The minimum absolute atomic E-state index is 1.22. The fourth-order valence-corrected chi connectivity index (χ4v) is 1.05. The molecule has 5 radical (unpaired) electrons. The molecule has 0 unspecified atom stereocenters. The van der Waals surface area contributed by atoms with E-state index in [2.05, 4.69) is 32.4 Å². The predicted octanol–water partition coefficient (Wildman–Crippen LogP) is 3.08. The number of benzene rings is 1. The Labute approximate surface area is 75.6 Å². The first-order valence-corrected chi connectivity index (χ1v) is 4.02. The van der Waals surface area contributed by atoms with Gasteiger partial charge in [0.2, 0.25) is 0 Å². The van der Waals surface area contributed by atoms with Crippen LogP contribution in [0.4, 0.5) is 0 Å². The van der Waals surface area contributed by atoms with Gasteiger partial charge >= 0.3 is 0 Å². The van der Waals surface area contributed by atoms with E-state index in [9.17, 15) is 0 Å². The van der Waals surface area contributed by atoms with E-state index in [-0.39, 0.29) is 0 Å². The molecule has 1 aromatic rings. The smallest absolute Gasteiger partial charge is 0.00252 e. The monoisotopic (exact) mass is 157 g/mol. The SMILES string of the molecule is [CH2][CH][CH][C](C)[CH]c1ccccc1. The molecule has 0 heterocycles. The van der Waals surface area contributed by atoms with E-state index >= 15 is 0 Å². The first-order chi connectivity index (χ1) is 5.83. The van der Waals surface area contributed by atoms with Crippen molar-refractivity contribution in [1.29, 1.82) is 0 Å². The Morgan fingerprint density at radius 2 is 1.92 bits per heavy atom. The van der Waals surface area contributed by atoms with Gasteiger partial charge in [0.05, 0.1) is 0 Å². The minimum atomic E-state index is 1.22. The zero-order valence-corrected chi connectivity index (χ0v) is 7.33. The largest absolute Gasteiger partial charge is 0.0622 e. The summed E-state index contributed by atoms with van der Waals surface area (Å²) >= 11 is 0. The molecule has 1 aromatic carbocycles. The molecule has 0 nitrogen and oxygen atoms in total. The highest BCUT2D eigenvalue weighted by Crippen LogP contribution is 2.15. The van der Waals surface area contributed by atoms with Crippen LogP contribution in [-0.2, 0) is 0 Å². The van der Waals surface area contributed by atoms with Gasteiger partial charge in [-0.15, -0.1) is 0 Å². The van der Waals surface area contributed by atoms with Gasteiger partial charge in [0.25, 0.3) is 0 Å². The van der Waals surface area contributed by atoms with E-state index in [1.807, 2.05) is 24.6 Å². The molecule has 0 fully saturated rings. The summed E-state index contributed by atoms with van der Waals surface area (Å²) in [6, 6.07) is 10.3. The molecule has 0 aromatic heterocycles. The standard InChI is InChI=1S/C12H13/c1-3-7-11(2)10-12-8-5-4-6-9-12/h3-10H,1H2,2H3. The van der Waals surface area contributed by atoms with Crippen LogP contribution in [0.3, 0.4) is 0 Å². The van der Waals surface area contributed by atoms with Crippen LogP contribution < -0.4 is 0 Å². The van der Waals surface area contributed by atoms with Crippen molar-refractivity contribution in [3.8, 4) is 0 Å². The zero-order chi connectivity index (χ0) is 8.81. The lowest BCUT2D eigenvalue weighted by molar-refractivity contribution is 1.15. The van der Waals surface area contributed by atoms with Crippen LogP contribution in [0.1, 0.15) is 12.5 Å². The molecule has 0 saturated carbocycles. The Morgan fingerprint density at radius 1 is 1.25 bits per heavy atom. The Balaban J connectivity index is 2.41. The number of hydrogen-bond donors (Lipinski definition) is 0. The van der Waals surface area contributed by atoms with Gasteiger partial charge in [-0.2, -0.15) is 0 Å². The van der Waals surface area contributed by atoms with Crippen LogP contribution in [0.5, 0.6) is 0 Å². The molecule has 0 spiro atoms. The highest BCUT2D eigenvalue weighted by molar-refractivity contribution is 5.33. The average Bonchev–Trinajstić information content (AvgIpc) is 2.06. The Bertz CT molecular complexity index is 201. The summed E-state index contributed by atoms with van der Waals surface area (Å²) in [5, 5.41) is 0. The highest BCUT2D eigenvalue weighted by Gasteiger charge is 2.02. The highest BCUT2D eigenvalue weighted by atomic mass is 14.1. The maximum atomic E-state index is 3.65. The normalized spacial score (nSPS) is 10.6. The fourth-order valence-electron chi connectivity index (χ4n) is 1.05. The lowest BCUT2D eigenvalue weighted by atomic mass is 9.97. The molecule has 0 amide bonds. The summed E-state index contributed by atoms with van der Waals surface area (Å²) in [6.07, 6.45) is 5.92. The average molecular weight is 157 g/mol. The molecular formula is C12H13. The summed E-state index contributed by atoms with van der Waals surface area (Å²) in [4.78, 5) is 0. The molecule has 0 atom stereocenters. The van der Waals surface area contributed by atoms with E-state index in [0.29, 0.717) is 0 Å². The van der Waals surface area contributed by atoms with Gasteiger partial charge in [-0.3, -0.25) is 0 Å². The van der Waals surface area contributed by atoms with Crippen molar-refractivity contribution in [2.75, 3.05) is 0 Å². The molecule has 61 valence electrons. The van der Waals surface area contributed by atoms with Crippen molar-refractivity contribution in [3.63, 3.8) is 0 Å². The third-order valence-electron chi connectivity index (χ3n) is 1.57. The van der Waals surface area contributed by atoms with Crippen LogP contribution in [0.15, 0.2) is 30.3 Å². The molecule has 1 rings (SSSR count). The van der Waals surface area contributed by atoms with E-state index in [4.69, 9.17) is 0 Å². The lowest BCUT2D eigenvalue weighted by Crippen LogP contribution is -1.94. The summed E-state index contributed by atoms with van der Waals surface area (Å²) in [7, 11) is 0. The number of rotatable bonds is 4. The Morgan fingerprint density at radius 3 is 2.50 bits per heavy atom. The first-order valence-electron chi connectivity index (χ1n) is 4.02. The molecule has 12 heavy (non-hydrogen) atoms. The quantitative estimate of drug-likeness (QED) is 0.630. The van der Waals surface area contributed by atoms with Crippen LogP contribution in [0.25, 0.3) is 0 Å². The third kappa shape index (κ3) is 3.08. The number of hydrogen-bond acceptors (Lipinski definition) is 0. The summed E-state index contributed by atoms with van der Waals surface area (Å²) in [6.45, 7) is 5.71. The summed E-state index contributed by atoms with van der Waals surface area (Å²) in [5.74, 6) is 1.22. The molecule has 0 saturated heterocycles. The van der Waals surface area contributed by atoms with Crippen LogP contribution >= 0.6 is 0 Å². The van der Waals surface area contributed by atoms with Crippen molar-refractivity contribution in [1.82, 2.24) is 0 Å². The van der Waals surface area contributed by atoms with Gasteiger partial charge in [0.15, 0.2) is 0 Å². The molecule has 0 heteroatoms. The van der Waals surface area contributed by atoms with Crippen molar-refractivity contribution in [2.45, 2.75) is 6.92 Å². The van der Waals surface area contributed by atoms with Crippen LogP contribution in [0.2, 0.25) is 0 Å². The second-order valence-electron chi connectivity index (χ2n) is 2.70. The first kappa shape index (κ1) is 9.31. The summed E-state index contributed by atoms with van der Waals surface area (Å²) in [5.41, 5.74) is 1.23. The second kappa shape index (κ2) is 4.97. The third-order valence-corrected chi connectivity index (χ3v) is 1.57. The van der Waals surface area contributed by atoms with Crippen LogP contribution in [-0.4, -0.2) is 0 Å². The van der Waals surface area contributed by atoms with Gasteiger partial charge in [-0.25, -0.2) is 0 Å². The molecule has 0 aliphatic rings. The molecule has 0 aliphatic heterocycles. The fraction of sp³-hybridized carbons (Fsp3) is 0.0833. The van der Waals surface area contributed by atoms with E-state index < -0.39 is 0 Å². The molecule has 0 bridgehead atoms. The van der Waals surface area contributed by atoms with Gasteiger partial charge in [0.1, 0.15) is 0 Å². The van der Waals surface area contributed by atoms with E-state index in [0.717, 1.165) is 0 Å². The van der Waals surface area contributed by atoms with Crippen molar-refractivity contribution >= 4 is 0 Å². The second-order valence-corrected chi connectivity index (χ2v) is 2.70. The lowest BCUT2D eigenvalue weighted by Gasteiger charge is -2.07. The maximum Gasteiger partial charge on any atom is -0.00252 e.